The molecular formula is C9H19N3O2S. The molecule has 5 nitrogen and oxygen atoms in total. The first-order valence-electron chi connectivity index (χ1n) is 5.51. The first-order chi connectivity index (χ1) is 7.08. The number of likely N-dealkylation sites (tertiary alicyclic amines) is 1. The molecule has 2 aliphatic rings. The molecule has 0 aromatic rings. The van der Waals surface area contributed by atoms with Crippen LogP contribution in [-0.2, 0) is 10.2 Å². The lowest BCUT2D eigenvalue weighted by Crippen LogP contribution is -2.31. The number of hydrogen-bond donors (Lipinski definition) is 1. The second kappa shape index (κ2) is 4.37. The van der Waals surface area contributed by atoms with Crippen molar-refractivity contribution < 1.29 is 8.42 Å². The maximum Gasteiger partial charge on any atom is 0.279 e. The van der Waals surface area contributed by atoms with Gasteiger partial charge in [-0.15, -0.1) is 0 Å². The van der Waals surface area contributed by atoms with E-state index in [-0.39, 0.29) is 0 Å². The van der Waals surface area contributed by atoms with Gasteiger partial charge in [-0.25, -0.2) is 4.72 Å². The van der Waals surface area contributed by atoms with E-state index in [0.717, 1.165) is 19.5 Å². The van der Waals surface area contributed by atoms with Crippen molar-refractivity contribution in [2.75, 3.05) is 39.8 Å². The predicted molar refractivity (Wildman–Crippen MR) is 58.7 cm³/mol. The van der Waals surface area contributed by atoms with Gasteiger partial charge in [-0.3, -0.25) is 0 Å². The van der Waals surface area contributed by atoms with E-state index in [1.54, 1.807) is 0 Å². The number of rotatable bonds is 5. The highest BCUT2D eigenvalue weighted by atomic mass is 32.2. The van der Waals surface area contributed by atoms with E-state index in [4.69, 9.17) is 0 Å². The summed E-state index contributed by atoms with van der Waals surface area (Å²) >= 11 is 0. The first-order valence-corrected chi connectivity index (χ1v) is 6.95. The third-order valence-corrected chi connectivity index (χ3v) is 4.69. The molecule has 15 heavy (non-hydrogen) atoms. The van der Waals surface area contributed by atoms with Gasteiger partial charge < -0.3 is 4.90 Å². The third kappa shape index (κ3) is 3.14. The lowest BCUT2D eigenvalue weighted by Gasteiger charge is -2.11. The van der Waals surface area contributed by atoms with Gasteiger partial charge in [0.05, 0.1) is 0 Å². The van der Waals surface area contributed by atoms with Gasteiger partial charge in [-0.2, -0.15) is 12.7 Å². The van der Waals surface area contributed by atoms with Crippen LogP contribution in [0.1, 0.15) is 12.8 Å². The summed E-state index contributed by atoms with van der Waals surface area (Å²) in [4.78, 5) is 2.30. The summed E-state index contributed by atoms with van der Waals surface area (Å²) in [6, 6.07) is 0. The van der Waals surface area contributed by atoms with Gasteiger partial charge in [-0.05, 0) is 32.4 Å². The fourth-order valence-electron chi connectivity index (χ4n) is 2.03. The Labute approximate surface area is 91.6 Å². The second-order valence-corrected chi connectivity index (χ2v) is 6.26. The van der Waals surface area contributed by atoms with Crippen LogP contribution in [0.2, 0.25) is 0 Å². The lowest BCUT2D eigenvalue weighted by molar-refractivity contribution is 0.387. The molecule has 2 saturated heterocycles. The number of nitrogens with zero attached hydrogens (tertiary/aromatic N) is 2. The maximum atomic E-state index is 11.4. The van der Waals surface area contributed by atoms with Crippen LogP contribution in [0.25, 0.3) is 0 Å². The van der Waals surface area contributed by atoms with E-state index in [0.29, 0.717) is 25.6 Å². The third-order valence-electron chi connectivity index (χ3n) is 3.07. The molecule has 88 valence electrons. The fourth-order valence-corrected chi connectivity index (χ4v) is 3.15. The van der Waals surface area contributed by atoms with E-state index < -0.39 is 10.2 Å². The van der Waals surface area contributed by atoms with Crippen molar-refractivity contribution in [2.24, 2.45) is 5.92 Å². The highest BCUT2D eigenvalue weighted by molar-refractivity contribution is 7.87. The van der Waals surface area contributed by atoms with Crippen LogP contribution >= 0.6 is 0 Å². The van der Waals surface area contributed by atoms with Crippen LogP contribution in [0.3, 0.4) is 0 Å². The highest BCUT2D eigenvalue weighted by Crippen LogP contribution is 2.17. The average molecular weight is 233 g/mol. The van der Waals surface area contributed by atoms with Crippen LogP contribution < -0.4 is 4.72 Å². The molecular weight excluding hydrogens is 214 g/mol. The van der Waals surface area contributed by atoms with Crippen LogP contribution in [-0.4, -0.2) is 57.4 Å². The molecule has 0 radical (unpaired) electrons. The van der Waals surface area contributed by atoms with Crippen LogP contribution in [0.5, 0.6) is 0 Å². The predicted octanol–water partition coefficient (Wildman–Crippen LogP) is -0.522. The number of nitrogens with one attached hydrogen (secondary N) is 1. The fraction of sp³-hybridized carbons (Fsp3) is 1.00. The van der Waals surface area contributed by atoms with Crippen molar-refractivity contribution >= 4 is 10.2 Å². The summed E-state index contributed by atoms with van der Waals surface area (Å²) in [6.07, 6.45) is 2.15. The van der Waals surface area contributed by atoms with Gasteiger partial charge in [0.15, 0.2) is 0 Å². The van der Waals surface area contributed by atoms with Gasteiger partial charge in [0.25, 0.3) is 10.2 Å². The van der Waals surface area contributed by atoms with Crippen molar-refractivity contribution in [3.8, 4) is 0 Å². The lowest BCUT2D eigenvalue weighted by atomic mass is 10.1. The molecule has 0 amide bonds. The Kier molecular flexibility index (Phi) is 3.30. The largest absolute Gasteiger partial charge is 0.306 e. The monoisotopic (exact) mass is 233 g/mol. The van der Waals surface area contributed by atoms with Gasteiger partial charge in [0.2, 0.25) is 0 Å². The van der Waals surface area contributed by atoms with Crippen LogP contribution in [0.15, 0.2) is 0 Å². The molecule has 1 unspecified atom stereocenters. The quantitative estimate of drug-likeness (QED) is 0.650. The zero-order valence-corrected chi connectivity index (χ0v) is 9.96. The topological polar surface area (TPSA) is 52.4 Å². The average Bonchev–Trinajstić information content (AvgIpc) is 2.92. The highest BCUT2D eigenvalue weighted by Gasteiger charge is 2.31. The molecule has 0 saturated carbocycles. The van der Waals surface area contributed by atoms with Crippen molar-refractivity contribution in [2.45, 2.75) is 12.8 Å². The second-order valence-electron chi connectivity index (χ2n) is 4.50. The molecule has 6 heteroatoms. The standard InChI is InChI=1S/C9H19N3O2S/c1-11-5-3-9(8-11)2-4-10-15(13,14)12-6-7-12/h9-10H,2-8H2,1H3. The molecule has 0 bridgehead atoms. The Balaban J connectivity index is 1.66. The molecule has 0 aromatic carbocycles. The van der Waals surface area contributed by atoms with E-state index in [1.807, 2.05) is 0 Å². The Morgan fingerprint density at radius 1 is 1.33 bits per heavy atom. The van der Waals surface area contributed by atoms with E-state index in [2.05, 4.69) is 16.7 Å². The molecule has 0 aliphatic carbocycles. The van der Waals surface area contributed by atoms with Gasteiger partial charge in [-0.1, -0.05) is 0 Å². The van der Waals surface area contributed by atoms with Crippen molar-refractivity contribution in [3.05, 3.63) is 0 Å². The summed E-state index contributed by atoms with van der Waals surface area (Å²) in [7, 11) is -1.01. The molecule has 2 fully saturated rings. The minimum atomic E-state index is -3.12. The van der Waals surface area contributed by atoms with E-state index in [1.165, 1.54) is 10.7 Å². The normalized spacial score (nSPS) is 28.5. The van der Waals surface area contributed by atoms with Crippen molar-refractivity contribution in [1.29, 1.82) is 0 Å². The summed E-state index contributed by atoms with van der Waals surface area (Å²) in [6.45, 7) is 4.19. The smallest absolute Gasteiger partial charge is 0.279 e. The van der Waals surface area contributed by atoms with Gasteiger partial charge >= 0.3 is 0 Å². The zero-order chi connectivity index (χ0) is 10.9. The Morgan fingerprint density at radius 3 is 2.60 bits per heavy atom. The summed E-state index contributed by atoms with van der Waals surface area (Å²) in [5, 5.41) is 0. The molecule has 1 atom stereocenters. The maximum absolute atomic E-state index is 11.4. The summed E-state index contributed by atoms with van der Waals surface area (Å²) in [5.74, 6) is 0.659. The SMILES string of the molecule is CN1CCC(CCNS(=O)(=O)N2CC2)C1. The Hall–Kier alpha value is -0.170. The molecule has 0 aromatic heterocycles. The molecule has 2 aliphatic heterocycles. The van der Waals surface area contributed by atoms with Gasteiger partial charge in [0, 0.05) is 26.2 Å². The summed E-state index contributed by atoms with van der Waals surface area (Å²) < 4.78 is 27.0. The van der Waals surface area contributed by atoms with Gasteiger partial charge in [0.1, 0.15) is 0 Å². The molecule has 1 N–H and O–H groups in total. The zero-order valence-electron chi connectivity index (χ0n) is 9.15. The molecule has 0 spiro atoms. The minimum absolute atomic E-state index is 0.581. The summed E-state index contributed by atoms with van der Waals surface area (Å²) in [5.41, 5.74) is 0. The van der Waals surface area contributed by atoms with E-state index >= 15 is 0 Å². The Morgan fingerprint density at radius 2 is 2.07 bits per heavy atom. The van der Waals surface area contributed by atoms with Crippen LogP contribution in [0, 0.1) is 5.92 Å². The van der Waals surface area contributed by atoms with Crippen molar-refractivity contribution in [3.63, 3.8) is 0 Å². The number of hydrogen-bond acceptors (Lipinski definition) is 3. The Bertz CT molecular complexity index is 313. The first kappa shape index (κ1) is 11.3. The van der Waals surface area contributed by atoms with E-state index in [9.17, 15) is 8.42 Å². The molecule has 2 rings (SSSR count). The molecule has 2 heterocycles. The van der Waals surface area contributed by atoms with Crippen LogP contribution in [0.4, 0.5) is 0 Å². The minimum Gasteiger partial charge on any atom is -0.306 e. The van der Waals surface area contributed by atoms with Crippen molar-refractivity contribution in [1.82, 2.24) is 13.9 Å².